The van der Waals surface area contributed by atoms with Gasteiger partial charge in [-0.25, -0.2) is 0 Å². The molecule has 0 aliphatic rings. The van der Waals surface area contributed by atoms with Crippen LogP contribution in [-0.2, 0) is 5.41 Å². The zero-order valence-electron chi connectivity index (χ0n) is 8.76. The fourth-order valence-electron chi connectivity index (χ4n) is 1.14. The minimum Gasteiger partial charge on any atom is -0.366 e. The third-order valence-electron chi connectivity index (χ3n) is 2.11. The quantitative estimate of drug-likeness (QED) is 0.775. The molecule has 0 aliphatic carbocycles. The molecule has 0 aliphatic heterocycles. The third-order valence-corrected chi connectivity index (χ3v) is 3.69. The van der Waals surface area contributed by atoms with Crippen molar-refractivity contribution in [2.75, 3.05) is 13.6 Å². The zero-order valence-corrected chi connectivity index (χ0v) is 10.4. The maximum Gasteiger partial charge on any atom is 0.166 e. The predicted molar refractivity (Wildman–Crippen MR) is 67.0 cm³/mol. The van der Waals surface area contributed by atoms with Crippen LogP contribution in [0.1, 0.15) is 18.7 Å². The van der Waals surface area contributed by atoms with E-state index in [1.807, 2.05) is 7.05 Å². The molecule has 78 valence electrons. The fraction of sp³-hybridized carbons (Fsp3) is 0.500. The molecule has 0 atom stereocenters. The van der Waals surface area contributed by atoms with Crippen LogP contribution in [0.3, 0.4) is 0 Å². The Bertz CT molecular complexity index is 291. The Morgan fingerprint density at radius 1 is 1.57 bits per heavy atom. The van der Waals surface area contributed by atoms with Gasteiger partial charge in [0.05, 0.1) is 0 Å². The van der Waals surface area contributed by atoms with Crippen LogP contribution >= 0.6 is 23.6 Å². The van der Waals surface area contributed by atoms with Gasteiger partial charge in [0.2, 0.25) is 0 Å². The summed E-state index contributed by atoms with van der Waals surface area (Å²) in [4.78, 5) is 1.38. The van der Waals surface area contributed by atoms with Crippen molar-refractivity contribution in [3.63, 3.8) is 0 Å². The smallest absolute Gasteiger partial charge is 0.166 e. The number of rotatable bonds is 3. The molecular formula is C10H16N2S2. The van der Waals surface area contributed by atoms with Crippen molar-refractivity contribution in [1.82, 2.24) is 10.6 Å². The summed E-state index contributed by atoms with van der Waals surface area (Å²) >= 11 is 6.82. The third kappa shape index (κ3) is 2.96. The van der Waals surface area contributed by atoms with E-state index in [-0.39, 0.29) is 5.41 Å². The summed E-state index contributed by atoms with van der Waals surface area (Å²) in [5.74, 6) is 0. The summed E-state index contributed by atoms with van der Waals surface area (Å²) in [5.41, 5.74) is 0.134. The first-order chi connectivity index (χ1) is 6.56. The molecule has 0 amide bonds. The van der Waals surface area contributed by atoms with E-state index in [1.54, 1.807) is 11.3 Å². The van der Waals surface area contributed by atoms with E-state index in [0.29, 0.717) is 5.11 Å². The van der Waals surface area contributed by atoms with E-state index in [2.05, 4.69) is 42.0 Å². The van der Waals surface area contributed by atoms with Gasteiger partial charge in [-0.3, -0.25) is 0 Å². The average Bonchev–Trinajstić information content (AvgIpc) is 2.67. The molecule has 2 nitrogen and oxygen atoms in total. The van der Waals surface area contributed by atoms with Crippen LogP contribution < -0.4 is 10.6 Å². The molecule has 0 unspecified atom stereocenters. The van der Waals surface area contributed by atoms with E-state index in [0.717, 1.165) is 6.54 Å². The zero-order chi connectivity index (χ0) is 10.6. The van der Waals surface area contributed by atoms with Crippen LogP contribution in [-0.4, -0.2) is 18.7 Å². The highest BCUT2D eigenvalue weighted by Gasteiger charge is 2.21. The lowest BCUT2D eigenvalue weighted by atomic mass is 9.91. The van der Waals surface area contributed by atoms with E-state index < -0.39 is 0 Å². The van der Waals surface area contributed by atoms with Crippen LogP contribution in [0.5, 0.6) is 0 Å². The van der Waals surface area contributed by atoms with E-state index >= 15 is 0 Å². The summed E-state index contributed by atoms with van der Waals surface area (Å²) in [5, 5.41) is 8.90. The Morgan fingerprint density at radius 2 is 2.29 bits per heavy atom. The maximum absolute atomic E-state index is 5.03. The van der Waals surface area contributed by atoms with E-state index in [9.17, 15) is 0 Å². The van der Waals surface area contributed by atoms with Gasteiger partial charge in [0.15, 0.2) is 5.11 Å². The molecule has 1 aromatic rings. The molecule has 4 heteroatoms. The first-order valence-electron chi connectivity index (χ1n) is 4.56. The molecule has 0 saturated carbocycles. The molecule has 0 fully saturated rings. The molecule has 2 N–H and O–H groups in total. The molecule has 0 bridgehead atoms. The lowest BCUT2D eigenvalue weighted by molar-refractivity contribution is 0.522. The van der Waals surface area contributed by atoms with E-state index in [1.165, 1.54) is 4.88 Å². The highest BCUT2D eigenvalue weighted by molar-refractivity contribution is 7.80. The first kappa shape index (κ1) is 11.5. The molecule has 0 saturated heterocycles. The lowest BCUT2D eigenvalue weighted by Gasteiger charge is -2.24. The minimum atomic E-state index is 0.134. The number of thiophene rings is 1. The second-order valence-electron chi connectivity index (χ2n) is 3.79. The molecule has 0 aromatic carbocycles. The van der Waals surface area contributed by atoms with Crippen molar-refractivity contribution >= 4 is 28.7 Å². The molecule has 0 spiro atoms. The Hall–Kier alpha value is -0.610. The summed E-state index contributed by atoms with van der Waals surface area (Å²) in [7, 11) is 1.83. The fourth-order valence-corrected chi connectivity index (χ4v) is 2.06. The SMILES string of the molecule is CNC(=S)NCC(C)(C)c1cccs1. The highest BCUT2D eigenvalue weighted by Crippen LogP contribution is 2.26. The first-order valence-corrected chi connectivity index (χ1v) is 5.84. The second kappa shape index (κ2) is 4.75. The van der Waals surface area contributed by atoms with Crippen molar-refractivity contribution in [2.45, 2.75) is 19.3 Å². The molecular weight excluding hydrogens is 212 g/mol. The van der Waals surface area contributed by atoms with Crippen LogP contribution in [0.4, 0.5) is 0 Å². The van der Waals surface area contributed by atoms with Crippen LogP contribution in [0.2, 0.25) is 0 Å². The van der Waals surface area contributed by atoms with Crippen molar-refractivity contribution < 1.29 is 0 Å². The molecule has 1 heterocycles. The average molecular weight is 228 g/mol. The standard InChI is InChI=1S/C10H16N2S2/c1-10(2,7-12-9(13)11-3)8-5-4-6-14-8/h4-6H,7H2,1-3H3,(H2,11,12,13). The van der Waals surface area contributed by atoms with Crippen molar-refractivity contribution in [2.24, 2.45) is 0 Å². The summed E-state index contributed by atoms with van der Waals surface area (Å²) in [6.45, 7) is 5.28. The summed E-state index contributed by atoms with van der Waals surface area (Å²) in [6.07, 6.45) is 0. The van der Waals surface area contributed by atoms with Crippen LogP contribution in [0, 0.1) is 0 Å². The van der Waals surface area contributed by atoms with Gasteiger partial charge in [-0.1, -0.05) is 19.9 Å². The molecule has 1 aromatic heterocycles. The monoisotopic (exact) mass is 228 g/mol. The Morgan fingerprint density at radius 3 is 2.79 bits per heavy atom. The summed E-state index contributed by atoms with van der Waals surface area (Å²) < 4.78 is 0. The second-order valence-corrected chi connectivity index (χ2v) is 5.15. The van der Waals surface area contributed by atoms with Crippen molar-refractivity contribution in [3.8, 4) is 0 Å². The van der Waals surface area contributed by atoms with E-state index in [4.69, 9.17) is 12.2 Å². The Labute approximate surface area is 94.7 Å². The van der Waals surface area contributed by atoms with Gasteiger partial charge in [-0.2, -0.15) is 0 Å². The van der Waals surface area contributed by atoms with Gasteiger partial charge in [0.25, 0.3) is 0 Å². The lowest BCUT2D eigenvalue weighted by Crippen LogP contribution is -2.40. The van der Waals surface area contributed by atoms with Crippen molar-refractivity contribution in [3.05, 3.63) is 22.4 Å². The Balaban J connectivity index is 2.54. The van der Waals surface area contributed by atoms with Gasteiger partial charge in [-0.15, -0.1) is 11.3 Å². The van der Waals surface area contributed by atoms with Gasteiger partial charge in [0.1, 0.15) is 0 Å². The number of thiocarbonyl (C=S) groups is 1. The van der Waals surface area contributed by atoms with Gasteiger partial charge >= 0.3 is 0 Å². The normalized spacial score (nSPS) is 11.1. The van der Waals surface area contributed by atoms with Gasteiger partial charge < -0.3 is 10.6 Å². The Kier molecular flexibility index (Phi) is 3.89. The topological polar surface area (TPSA) is 24.1 Å². The number of hydrogen-bond donors (Lipinski definition) is 2. The van der Waals surface area contributed by atoms with Gasteiger partial charge in [-0.05, 0) is 23.7 Å². The van der Waals surface area contributed by atoms with Gasteiger partial charge in [0, 0.05) is 23.9 Å². The number of hydrogen-bond acceptors (Lipinski definition) is 2. The highest BCUT2D eigenvalue weighted by atomic mass is 32.1. The van der Waals surface area contributed by atoms with Crippen molar-refractivity contribution in [1.29, 1.82) is 0 Å². The molecule has 14 heavy (non-hydrogen) atoms. The molecule has 0 radical (unpaired) electrons. The maximum atomic E-state index is 5.03. The molecule has 1 rings (SSSR count). The largest absolute Gasteiger partial charge is 0.366 e. The number of nitrogens with one attached hydrogen (secondary N) is 2. The predicted octanol–water partition coefficient (Wildman–Crippen LogP) is 2.12. The minimum absolute atomic E-state index is 0.134. The van der Waals surface area contributed by atoms with Crippen LogP contribution in [0.15, 0.2) is 17.5 Å². The summed E-state index contributed by atoms with van der Waals surface area (Å²) in [6, 6.07) is 4.24. The van der Waals surface area contributed by atoms with Crippen LogP contribution in [0.25, 0.3) is 0 Å².